The average molecular weight is 404 g/mol. The van der Waals surface area contributed by atoms with E-state index in [9.17, 15) is 8.42 Å². The van der Waals surface area contributed by atoms with E-state index in [1.165, 1.54) is 15.6 Å². The van der Waals surface area contributed by atoms with Gasteiger partial charge in [0.15, 0.2) is 0 Å². The minimum atomic E-state index is -3.42. The Balaban J connectivity index is 2.33. The van der Waals surface area contributed by atoms with Gasteiger partial charge in [0.1, 0.15) is 4.90 Å². The van der Waals surface area contributed by atoms with Gasteiger partial charge in [-0.1, -0.05) is 0 Å². The van der Waals surface area contributed by atoms with Crippen molar-refractivity contribution in [1.29, 1.82) is 0 Å². The van der Waals surface area contributed by atoms with Gasteiger partial charge in [-0.05, 0) is 50.8 Å². The smallest absolute Gasteiger partial charge is 0.245 e. The molecule has 0 radical (unpaired) electrons. The van der Waals surface area contributed by atoms with Crippen LogP contribution in [-0.4, -0.2) is 31.9 Å². The Bertz CT molecular complexity index is 515. The summed E-state index contributed by atoms with van der Waals surface area (Å²) in [5.74, 6) is 0. The molecule has 1 aliphatic heterocycles. The van der Waals surface area contributed by atoms with Gasteiger partial charge in [0, 0.05) is 19.1 Å². The first-order chi connectivity index (χ1) is 7.91. The fraction of sp³-hybridized carbons (Fsp3) is 0.556. The maximum atomic E-state index is 12.4. The van der Waals surface area contributed by atoms with Crippen molar-refractivity contribution in [3.8, 4) is 0 Å². The van der Waals surface area contributed by atoms with Crippen LogP contribution < -0.4 is 5.73 Å². The predicted molar refractivity (Wildman–Crippen MR) is 75.7 cm³/mol. The van der Waals surface area contributed by atoms with Crippen molar-refractivity contribution in [2.45, 2.75) is 23.8 Å². The number of hydrogen-bond acceptors (Lipinski definition) is 4. The first kappa shape index (κ1) is 14.0. The summed E-state index contributed by atoms with van der Waals surface area (Å²) in [7, 11) is -3.42. The molecule has 0 spiro atoms. The molecule has 2 N–H and O–H groups in total. The molecule has 1 atom stereocenters. The first-order valence-corrected chi connectivity index (χ1v) is 8.96. The molecule has 0 bridgehead atoms. The minimum absolute atomic E-state index is 0.0561. The molecule has 1 aromatic heterocycles. The summed E-state index contributed by atoms with van der Waals surface area (Å²) < 4.78 is 27.7. The van der Waals surface area contributed by atoms with Crippen LogP contribution in [-0.2, 0) is 10.0 Å². The first-order valence-electron chi connectivity index (χ1n) is 5.12. The number of piperidine rings is 1. The number of sulfonamides is 1. The summed E-state index contributed by atoms with van der Waals surface area (Å²) in [6, 6.07) is 1.57. The molecule has 1 unspecified atom stereocenters. The van der Waals surface area contributed by atoms with Crippen LogP contribution in [0, 0.1) is 0 Å². The Labute approximate surface area is 121 Å². The fourth-order valence-corrected chi connectivity index (χ4v) is 7.13. The number of nitrogens with zero attached hydrogens (tertiary/aromatic N) is 1. The highest BCUT2D eigenvalue weighted by Gasteiger charge is 2.31. The maximum absolute atomic E-state index is 12.4. The van der Waals surface area contributed by atoms with Crippen LogP contribution in [0.5, 0.6) is 0 Å². The second kappa shape index (κ2) is 5.26. The van der Waals surface area contributed by atoms with Gasteiger partial charge in [-0.25, -0.2) is 8.42 Å². The molecule has 1 aliphatic rings. The zero-order valence-electron chi connectivity index (χ0n) is 8.90. The number of hydrogen-bond donors (Lipinski definition) is 1. The highest BCUT2D eigenvalue weighted by atomic mass is 79.9. The van der Waals surface area contributed by atoms with Crippen LogP contribution in [0.2, 0.25) is 0 Å². The molecule has 8 heteroatoms. The Morgan fingerprint density at radius 2 is 2.18 bits per heavy atom. The van der Waals surface area contributed by atoms with Crippen molar-refractivity contribution < 1.29 is 8.42 Å². The maximum Gasteiger partial charge on any atom is 0.245 e. The molecule has 0 saturated carbocycles. The summed E-state index contributed by atoms with van der Waals surface area (Å²) in [5.41, 5.74) is 5.82. The van der Waals surface area contributed by atoms with Gasteiger partial charge in [0.05, 0.1) is 7.57 Å². The third-order valence-electron chi connectivity index (χ3n) is 2.66. The molecule has 4 nitrogen and oxygen atoms in total. The Morgan fingerprint density at radius 3 is 2.71 bits per heavy atom. The van der Waals surface area contributed by atoms with E-state index in [1.807, 2.05) is 0 Å². The van der Waals surface area contributed by atoms with Gasteiger partial charge < -0.3 is 5.73 Å². The zero-order chi connectivity index (χ0) is 12.6. The topological polar surface area (TPSA) is 63.4 Å². The van der Waals surface area contributed by atoms with E-state index in [0.29, 0.717) is 21.8 Å². The molecule has 1 fully saturated rings. The van der Waals surface area contributed by atoms with Gasteiger partial charge >= 0.3 is 0 Å². The summed E-state index contributed by atoms with van der Waals surface area (Å²) in [4.78, 5) is 0.323. The largest absolute Gasteiger partial charge is 0.327 e. The highest BCUT2D eigenvalue weighted by Crippen LogP contribution is 2.36. The van der Waals surface area contributed by atoms with Gasteiger partial charge in [0.2, 0.25) is 10.0 Å². The van der Waals surface area contributed by atoms with Crippen molar-refractivity contribution in [3.63, 3.8) is 0 Å². The van der Waals surface area contributed by atoms with E-state index >= 15 is 0 Å². The van der Waals surface area contributed by atoms with E-state index in [4.69, 9.17) is 5.73 Å². The molecule has 96 valence electrons. The van der Waals surface area contributed by atoms with Crippen LogP contribution in [0.3, 0.4) is 0 Å². The molecule has 1 saturated heterocycles. The lowest BCUT2D eigenvalue weighted by Crippen LogP contribution is -2.45. The van der Waals surface area contributed by atoms with Gasteiger partial charge in [0.25, 0.3) is 0 Å². The Kier molecular flexibility index (Phi) is 4.32. The van der Waals surface area contributed by atoms with Gasteiger partial charge in [-0.15, -0.1) is 11.3 Å². The van der Waals surface area contributed by atoms with Crippen LogP contribution in [0.25, 0.3) is 0 Å². The predicted octanol–water partition coefficient (Wildman–Crippen LogP) is 2.38. The Morgan fingerprint density at radius 1 is 1.47 bits per heavy atom. The second-order valence-corrected chi connectivity index (χ2v) is 9.61. The molecule has 2 rings (SSSR count). The van der Waals surface area contributed by atoms with Crippen molar-refractivity contribution in [2.24, 2.45) is 5.73 Å². The third kappa shape index (κ3) is 2.93. The SMILES string of the molecule is NC1CCCN(S(=O)(=O)c2cc(Br)sc2Br)C1. The van der Waals surface area contributed by atoms with Crippen molar-refractivity contribution in [3.05, 3.63) is 13.6 Å². The van der Waals surface area contributed by atoms with Gasteiger partial charge in [-0.2, -0.15) is 4.31 Å². The number of rotatable bonds is 2. The normalized spacial score (nSPS) is 22.9. The third-order valence-corrected chi connectivity index (χ3v) is 7.28. The van der Waals surface area contributed by atoms with E-state index < -0.39 is 10.0 Å². The summed E-state index contributed by atoms with van der Waals surface area (Å²) in [5, 5.41) is 0. The van der Waals surface area contributed by atoms with Crippen molar-refractivity contribution in [2.75, 3.05) is 13.1 Å². The average Bonchev–Trinajstić information content (AvgIpc) is 2.58. The molecular weight excluding hydrogens is 392 g/mol. The standard InChI is InChI=1S/C9H12Br2N2O2S2/c10-8-4-7(9(11)16-8)17(14,15)13-3-1-2-6(12)5-13/h4,6H,1-3,5,12H2. The van der Waals surface area contributed by atoms with E-state index in [0.717, 1.165) is 16.6 Å². The number of halogens is 2. The van der Waals surface area contributed by atoms with E-state index in [1.54, 1.807) is 6.07 Å². The van der Waals surface area contributed by atoms with Crippen LogP contribution in [0.1, 0.15) is 12.8 Å². The lowest BCUT2D eigenvalue weighted by Gasteiger charge is -2.29. The lowest BCUT2D eigenvalue weighted by atomic mass is 10.1. The minimum Gasteiger partial charge on any atom is -0.327 e. The van der Waals surface area contributed by atoms with Crippen molar-refractivity contribution >= 4 is 53.2 Å². The molecular formula is C9H12Br2N2O2S2. The quantitative estimate of drug-likeness (QED) is 0.824. The number of thiophene rings is 1. The van der Waals surface area contributed by atoms with Gasteiger partial charge in [-0.3, -0.25) is 0 Å². The molecule has 17 heavy (non-hydrogen) atoms. The molecule has 0 aromatic carbocycles. The fourth-order valence-electron chi connectivity index (χ4n) is 1.83. The molecule has 2 heterocycles. The molecule has 1 aromatic rings. The van der Waals surface area contributed by atoms with E-state index in [-0.39, 0.29) is 6.04 Å². The second-order valence-electron chi connectivity index (χ2n) is 3.95. The lowest BCUT2D eigenvalue weighted by molar-refractivity contribution is 0.316. The van der Waals surface area contributed by atoms with Crippen LogP contribution in [0.4, 0.5) is 0 Å². The Hall–Kier alpha value is 0.530. The molecule has 0 aliphatic carbocycles. The summed E-state index contributed by atoms with van der Waals surface area (Å²) in [6.07, 6.45) is 1.71. The van der Waals surface area contributed by atoms with Crippen molar-refractivity contribution in [1.82, 2.24) is 4.31 Å². The summed E-state index contributed by atoms with van der Waals surface area (Å²) >= 11 is 7.94. The van der Waals surface area contributed by atoms with Crippen LogP contribution >= 0.6 is 43.2 Å². The zero-order valence-corrected chi connectivity index (χ0v) is 13.7. The van der Waals surface area contributed by atoms with E-state index in [2.05, 4.69) is 31.9 Å². The highest BCUT2D eigenvalue weighted by molar-refractivity contribution is 9.12. The summed E-state index contributed by atoms with van der Waals surface area (Å²) in [6.45, 7) is 0.957. The number of nitrogens with two attached hydrogens (primary N) is 1. The monoisotopic (exact) mass is 402 g/mol. The van der Waals surface area contributed by atoms with Crippen LogP contribution in [0.15, 0.2) is 18.5 Å². The molecule has 0 amide bonds.